The van der Waals surface area contributed by atoms with Crippen LogP contribution in [-0.2, 0) is 6.54 Å². The molecule has 3 heteroatoms. The van der Waals surface area contributed by atoms with E-state index in [2.05, 4.69) is 12.6 Å². The number of nitrogens with zero attached hydrogens (tertiary/aromatic N) is 1. The van der Waals surface area contributed by atoms with Crippen molar-refractivity contribution >= 4 is 16.8 Å². The monoisotopic (exact) mass is 325 g/mol. The molecule has 2 aromatic carbocycles. The summed E-state index contributed by atoms with van der Waals surface area (Å²) in [5.41, 5.74) is 18.7. The van der Waals surface area contributed by atoms with Crippen LogP contribution in [-0.4, -0.2) is 0 Å². The van der Waals surface area contributed by atoms with Crippen LogP contribution in [0.5, 0.6) is 0 Å². The van der Waals surface area contributed by atoms with E-state index in [1.807, 2.05) is 66.8 Å². The van der Waals surface area contributed by atoms with E-state index in [1.54, 1.807) is 0 Å². The first-order valence-electron chi connectivity index (χ1n) is 8.01. The van der Waals surface area contributed by atoms with Crippen LogP contribution in [0.1, 0.15) is 22.3 Å². The molecule has 25 heavy (non-hydrogen) atoms. The second-order valence-electron chi connectivity index (χ2n) is 5.85. The van der Waals surface area contributed by atoms with Crippen molar-refractivity contribution in [3.05, 3.63) is 101 Å². The fraction of sp³-hybridized carbons (Fsp3) is 0.0455. The van der Waals surface area contributed by atoms with Crippen LogP contribution in [0.3, 0.4) is 0 Å². The number of rotatable bonds is 3. The molecule has 3 nitrogen and oxygen atoms in total. The third-order valence-corrected chi connectivity index (χ3v) is 4.20. The van der Waals surface area contributed by atoms with Gasteiger partial charge in [0.2, 0.25) is 0 Å². The Hall–Kier alpha value is -3.35. The zero-order valence-corrected chi connectivity index (χ0v) is 13.9. The molecule has 0 spiro atoms. The molecule has 0 bridgehead atoms. The summed E-state index contributed by atoms with van der Waals surface area (Å²) in [5, 5.41) is 9.49. The van der Waals surface area contributed by atoms with Crippen molar-refractivity contribution in [2.45, 2.75) is 6.54 Å². The van der Waals surface area contributed by atoms with Crippen LogP contribution in [0.4, 0.5) is 5.69 Å². The van der Waals surface area contributed by atoms with Crippen LogP contribution >= 0.6 is 0 Å². The first-order chi connectivity index (χ1) is 12.1. The number of nitrogen functional groups attached to an aromatic ring is 1. The minimum absolute atomic E-state index is 0.378. The Labute approximate surface area is 147 Å². The fourth-order valence-electron chi connectivity index (χ4n) is 2.91. The number of nitrogens with two attached hydrogens (primary N) is 2. The molecule has 1 aliphatic rings. The van der Waals surface area contributed by atoms with Crippen molar-refractivity contribution in [2.75, 3.05) is 5.73 Å². The maximum Gasteiger partial charge on any atom is 0.0998 e. The van der Waals surface area contributed by atoms with E-state index in [0.717, 1.165) is 33.4 Å². The number of hydrogen-bond donors (Lipinski definition) is 2. The summed E-state index contributed by atoms with van der Waals surface area (Å²) in [6, 6.07) is 15.7. The van der Waals surface area contributed by atoms with Gasteiger partial charge in [-0.3, -0.25) is 0 Å². The topological polar surface area (TPSA) is 75.8 Å². The molecule has 2 aromatic rings. The van der Waals surface area contributed by atoms with E-state index in [-0.39, 0.29) is 0 Å². The molecule has 0 aliphatic heterocycles. The maximum absolute atomic E-state index is 9.49. The van der Waals surface area contributed by atoms with Gasteiger partial charge in [-0.2, -0.15) is 5.26 Å². The fourth-order valence-corrected chi connectivity index (χ4v) is 2.91. The molecular weight excluding hydrogens is 306 g/mol. The second kappa shape index (κ2) is 7.04. The maximum atomic E-state index is 9.49. The Morgan fingerprint density at radius 2 is 1.88 bits per heavy atom. The molecule has 122 valence electrons. The summed E-state index contributed by atoms with van der Waals surface area (Å²) in [7, 11) is 0. The van der Waals surface area contributed by atoms with Crippen LogP contribution in [0.15, 0.2) is 78.9 Å². The summed E-state index contributed by atoms with van der Waals surface area (Å²) >= 11 is 0. The van der Waals surface area contributed by atoms with Crippen molar-refractivity contribution in [2.24, 2.45) is 5.73 Å². The predicted molar refractivity (Wildman–Crippen MR) is 104 cm³/mol. The Morgan fingerprint density at radius 3 is 2.64 bits per heavy atom. The van der Waals surface area contributed by atoms with Gasteiger partial charge < -0.3 is 11.5 Å². The number of allylic oxidation sites excluding steroid dienone is 7. The minimum atomic E-state index is 0.378. The van der Waals surface area contributed by atoms with Gasteiger partial charge in [-0.05, 0) is 52.1 Å². The summed E-state index contributed by atoms with van der Waals surface area (Å²) in [6.07, 6.45) is 7.95. The van der Waals surface area contributed by atoms with Gasteiger partial charge in [0.1, 0.15) is 0 Å². The predicted octanol–water partition coefficient (Wildman–Crippen LogP) is 4.19. The molecule has 0 heterocycles. The Bertz CT molecular complexity index is 969. The standard InChI is InChI=1S/C22H19N3/c1-15-5-4-8-19(16-9-10-22(25)18(12-16)14-24)21(11-15)20-7-3-2-6-17(20)13-23/h2-12H,1,14,24-25H2. The van der Waals surface area contributed by atoms with Gasteiger partial charge in [-0.1, -0.05) is 49.1 Å². The first kappa shape index (κ1) is 16.5. The van der Waals surface area contributed by atoms with Crippen molar-refractivity contribution in [3.63, 3.8) is 0 Å². The average molecular weight is 325 g/mol. The number of hydrogen-bond acceptors (Lipinski definition) is 3. The van der Waals surface area contributed by atoms with Crippen LogP contribution < -0.4 is 11.5 Å². The molecule has 3 rings (SSSR count). The molecule has 0 radical (unpaired) electrons. The molecule has 4 N–H and O–H groups in total. The molecule has 0 fully saturated rings. The largest absolute Gasteiger partial charge is 0.398 e. The molecular formula is C22H19N3. The van der Waals surface area contributed by atoms with Crippen LogP contribution in [0.25, 0.3) is 11.1 Å². The summed E-state index contributed by atoms with van der Waals surface area (Å²) in [5.74, 6) is 0. The van der Waals surface area contributed by atoms with Gasteiger partial charge in [-0.15, -0.1) is 0 Å². The van der Waals surface area contributed by atoms with E-state index >= 15 is 0 Å². The molecule has 0 atom stereocenters. The van der Waals surface area contributed by atoms with E-state index in [9.17, 15) is 5.26 Å². The van der Waals surface area contributed by atoms with E-state index < -0.39 is 0 Å². The lowest BCUT2D eigenvalue weighted by Crippen LogP contribution is -2.03. The zero-order valence-electron chi connectivity index (χ0n) is 13.9. The highest BCUT2D eigenvalue weighted by Gasteiger charge is 2.16. The minimum Gasteiger partial charge on any atom is -0.398 e. The van der Waals surface area contributed by atoms with Crippen molar-refractivity contribution in [1.82, 2.24) is 0 Å². The van der Waals surface area contributed by atoms with Crippen LogP contribution in [0, 0.1) is 11.3 Å². The number of nitriles is 1. The van der Waals surface area contributed by atoms with E-state index in [4.69, 9.17) is 11.5 Å². The van der Waals surface area contributed by atoms with Gasteiger partial charge in [-0.25, -0.2) is 0 Å². The van der Waals surface area contributed by atoms with E-state index in [0.29, 0.717) is 17.8 Å². The average Bonchev–Trinajstić information content (AvgIpc) is 2.83. The lowest BCUT2D eigenvalue weighted by atomic mass is 9.88. The first-order valence-corrected chi connectivity index (χ1v) is 8.01. The summed E-state index contributed by atoms with van der Waals surface area (Å²) < 4.78 is 0. The van der Waals surface area contributed by atoms with Gasteiger partial charge in [0.05, 0.1) is 11.6 Å². The summed E-state index contributed by atoms with van der Waals surface area (Å²) in [4.78, 5) is 0. The number of anilines is 1. The highest BCUT2D eigenvalue weighted by atomic mass is 14.6. The van der Waals surface area contributed by atoms with Gasteiger partial charge >= 0.3 is 0 Å². The number of benzene rings is 2. The van der Waals surface area contributed by atoms with Crippen molar-refractivity contribution < 1.29 is 0 Å². The molecule has 1 aliphatic carbocycles. The third-order valence-electron chi connectivity index (χ3n) is 4.20. The lowest BCUT2D eigenvalue weighted by molar-refractivity contribution is 1.07. The van der Waals surface area contributed by atoms with Gasteiger partial charge in [0.25, 0.3) is 0 Å². The van der Waals surface area contributed by atoms with Gasteiger partial charge in [0.15, 0.2) is 0 Å². The Morgan fingerprint density at radius 1 is 1.08 bits per heavy atom. The normalized spacial score (nSPS) is 13.7. The van der Waals surface area contributed by atoms with Crippen molar-refractivity contribution in [1.29, 1.82) is 5.26 Å². The quantitative estimate of drug-likeness (QED) is 0.831. The zero-order chi connectivity index (χ0) is 17.8. The molecule has 0 amide bonds. The van der Waals surface area contributed by atoms with Crippen LogP contribution in [0.2, 0.25) is 0 Å². The Kier molecular flexibility index (Phi) is 4.65. The SMILES string of the molecule is C=C1C=CC=C(c2ccc(N)c(CN)c2)C(c2ccccc2C#N)=C1. The highest BCUT2D eigenvalue weighted by Crippen LogP contribution is 2.36. The van der Waals surface area contributed by atoms with Crippen molar-refractivity contribution in [3.8, 4) is 6.07 Å². The van der Waals surface area contributed by atoms with E-state index in [1.165, 1.54) is 0 Å². The van der Waals surface area contributed by atoms with Gasteiger partial charge in [0, 0.05) is 17.8 Å². The third kappa shape index (κ3) is 3.30. The highest BCUT2D eigenvalue weighted by molar-refractivity contribution is 6.07. The summed E-state index contributed by atoms with van der Waals surface area (Å²) in [6.45, 7) is 4.44. The molecule has 0 saturated heterocycles. The smallest absolute Gasteiger partial charge is 0.0998 e. The molecule has 0 unspecified atom stereocenters. The molecule has 0 aromatic heterocycles. The molecule has 0 saturated carbocycles. The lowest BCUT2D eigenvalue weighted by Gasteiger charge is -2.15. The Balaban J connectivity index is 2.21. The second-order valence-corrected chi connectivity index (χ2v) is 5.85.